The molecule has 2 aromatic carbocycles. The largest absolute Gasteiger partial charge is 0.497 e. The van der Waals surface area contributed by atoms with E-state index >= 15 is 0 Å². The summed E-state index contributed by atoms with van der Waals surface area (Å²) in [5, 5.41) is 18.2. The molecule has 3 atom stereocenters. The highest BCUT2D eigenvalue weighted by Crippen LogP contribution is 2.40. The second-order valence-electron chi connectivity index (χ2n) is 10.6. The Morgan fingerprint density at radius 2 is 1.97 bits per heavy atom. The zero-order chi connectivity index (χ0) is 26.5. The van der Waals surface area contributed by atoms with Gasteiger partial charge in [0.05, 0.1) is 30.8 Å². The number of aliphatic hydroxyl groups is 1. The first-order chi connectivity index (χ1) is 18.5. The van der Waals surface area contributed by atoms with E-state index < -0.39 is 5.60 Å². The molecule has 5 rings (SSSR count). The fraction of sp³-hybridized carbons (Fsp3) is 0.467. The van der Waals surface area contributed by atoms with Crippen LogP contribution in [0.2, 0.25) is 0 Å². The van der Waals surface area contributed by atoms with E-state index in [1.54, 1.807) is 13.4 Å². The van der Waals surface area contributed by atoms with Crippen molar-refractivity contribution in [2.45, 2.75) is 56.7 Å². The van der Waals surface area contributed by atoms with Crippen LogP contribution in [0, 0.1) is 0 Å². The Labute approximate surface area is 225 Å². The molecule has 0 radical (unpaired) electrons. The zero-order valence-electron chi connectivity index (χ0n) is 22.4. The van der Waals surface area contributed by atoms with Gasteiger partial charge in [0, 0.05) is 43.5 Å². The first-order valence-electron chi connectivity index (χ1n) is 13.7. The summed E-state index contributed by atoms with van der Waals surface area (Å²) < 4.78 is 7.30. The van der Waals surface area contributed by atoms with Gasteiger partial charge in [0.15, 0.2) is 5.69 Å². The lowest BCUT2D eigenvalue weighted by Gasteiger charge is -2.39. The summed E-state index contributed by atoms with van der Waals surface area (Å²) in [4.78, 5) is 20.8. The van der Waals surface area contributed by atoms with E-state index in [1.807, 2.05) is 66.4 Å². The predicted octanol–water partition coefficient (Wildman–Crippen LogP) is 4.34. The number of anilines is 1. The summed E-state index contributed by atoms with van der Waals surface area (Å²) in [6, 6.07) is 17.8. The van der Waals surface area contributed by atoms with Crippen molar-refractivity contribution in [3.05, 3.63) is 66.6 Å². The molecule has 0 bridgehead atoms. The van der Waals surface area contributed by atoms with Crippen molar-refractivity contribution in [1.82, 2.24) is 19.8 Å². The normalized spacial score (nSPS) is 23.7. The van der Waals surface area contributed by atoms with E-state index in [1.165, 1.54) is 0 Å². The lowest BCUT2D eigenvalue weighted by atomic mass is 9.81. The summed E-state index contributed by atoms with van der Waals surface area (Å²) in [5.74, 6) is 0.779. The number of amides is 1. The minimum absolute atomic E-state index is 0.0472. The molecule has 0 unspecified atom stereocenters. The number of nitrogens with zero attached hydrogens (tertiary/aromatic N) is 3. The molecule has 202 valence electrons. The van der Waals surface area contributed by atoms with Crippen LogP contribution in [0.1, 0.15) is 55.6 Å². The van der Waals surface area contributed by atoms with E-state index in [2.05, 4.69) is 15.2 Å². The van der Waals surface area contributed by atoms with Crippen molar-refractivity contribution in [2.75, 3.05) is 38.6 Å². The Balaban J connectivity index is 1.38. The maximum atomic E-state index is 14.1. The number of benzene rings is 2. The lowest BCUT2D eigenvalue weighted by Crippen LogP contribution is -2.54. The minimum Gasteiger partial charge on any atom is -0.497 e. The van der Waals surface area contributed by atoms with Gasteiger partial charge in [-0.05, 0) is 50.5 Å². The van der Waals surface area contributed by atoms with Crippen molar-refractivity contribution in [3.8, 4) is 17.0 Å². The Hall–Kier alpha value is -3.36. The van der Waals surface area contributed by atoms with Crippen molar-refractivity contribution >= 4 is 11.6 Å². The van der Waals surface area contributed by atoms with Crippen molar-refractivity contribution in [2.24, 2.45) is 0 Å². The van der Waals surface area contributed by atoms with Gasteiger partial charge < -0.3 is 29.9 Å². The quantitative estimate of drug-likeness (QED) is 0.412. The molecule has 1 amide bonds. The SMILES string of the molecule is COc1ccc(NCC[C@@H]2CNCCN2C(=O)c2ncn([C@@H]3CCCC[C@]3(C)O)c2-c2ccccc2)cc1. The fourth-order valence-electron chi connectivity index (χ4n) is 5.89. The van der Waals surface area contributed by atoms with E-state index in [9.17, 15) is 9.90 Å². The third kappa shape index (κ3) is 5.56. The fourth-order valence-corrected chi connectivity index (χ4v) is 5.89. The summed E-state index contributed by atoms with van der Waals surface area (Å²) in [6.45, 7) is 4.79. The smallest absolute Gasteiger partial charge is 0.275 e. The molecule has 8 heteroatoms. The number of hydrogen-bond donors (Lipinski definition) is 3. The molecule has 1 saturated carbocycles. The van der Waals surface area contributed by atoms with Crippen LogP contribution in [0.15, 0.2) is 60.9 Å². The second kappa shape index (κ2) is 11.6. The Morgan fingerprint density at radius 3 is 2.71 bits per heavy atom. The van der Waals surface area contributed by atoms with Gasteiger partial charge in [0.2, 0.25) is 0 Å². The molecule has 3 aromatic rings. The number of rotatable bonds is 8. The van der Waals surface area contributed by atoms with Gasteiger partial charge >= 0.3 is 0 Å². The molecular weight excluding hydrogens is 478 g/mol. The number of carbonyl (C=O) groups is 1. The van der Waals surface area contributed by atoms with Crippen LogP contribution in [-0.2, 0) is 0 Å². The van der Waals surface area contributed by atoms with Gasteiger partial charge in [-0.1, -0.05) is 43.2 Å². The van der Waals surface area contributed by atoms with E-state index in [4.69, 9.17) is 9.72 Å². The number of piperazine rings is 1. The molecule has 2 heterocycles. The highest BCUT2D eigenvalue weighted by molar-refractivity contribution is 5.98. The number of imidazole rings is 1. The number of aromatic nitrogens is 2. The highest BCUT2D eigenvalue weighted by Gasteiger charge is 2.39. The van der Waals surface area contributed by atoms with Crippen LogP contribution in [0.25, 0.3) is 11.3 Å². The number of carbonyl (C=O) groups excluding carboxylic acids is 1. The summed E-state index contributed by atoms with van der Waals surface area (Å²) >= 11 is 0. The molecule has 1 aliphatic heterocycles. The number of hydrogen-bond acceptors (Lipinski definition) is 6. The molecule has 0 spiro atoms. The Bertz CT molecular complexity index is 1210. The topological polar surface area (TPSA) is 91.7 Å². The van der Waals surface area contributed by atoms with E-state index in [-0.39, 0.29) is 18.0 Å². The molecule has 8 nitrogen and oxygen atoms in total. The first kappa shape index (κ1) is 26.3. The average Bonchev–Trinajstić information content (AvgIpc) is 3.38. The van der Waals surface area contributed by atoms with Gasteiger partial charge in [0.25, 0.3) is 5.91 Å². The standard InChI is InChI=1S/C30H39N5O3/c1-30(37)16-7-6-10-26(30)35-21-33-27(28(35)22-8-4-3-5-9-22)29(36)34-19-18-31-20-24(34)15-17-32-23-11-13-25(38-2)14-12-23/h3-5,8-9,11-14,21,24,26,31-32,37H,6-7,10,15-20H2,1-2H3/t24-,26-,30+/m1/s1. The maximum Gasteiger partial charge on any atom is 0.275 e. The van der Waals surface area contributed by atoms with Crippen LogP contribution in [0.5, 0.6) is 5.75 Å². The van der Waals surface area contributed by atoms with Gasteiger partial charge in [-0.25, -0.2) is 4.98 Å². The lowest BCUT2D eigenvalue weighted by molar-refractivity contribution is -0.0243. The summed E-state index contributed by atoms with van der Waals surface area (Å²) in [7, 11) is 1.66. The number of nitrogens with one attached hydrogen (secondary N) is 2. The van der Waals surface area contributed by atoms with E-state index in [0.717, 1.165) is 74.4 Å². The van der Waals surface area contributed by atoms with Crippen LogP contribution in [0.4, 0.5) is 5.69 Å². The average molecular weight is 518 g/mol. The van der Waals surface area contributed by atoms with Gasteiger partial charge in [-0.3, -0.25) is 4.79 Å². The molecule has 2 aliphatic rings. The monoisotopic (exact) mass is 517 g/mol. The molecule has 1 aliphatic carbocycles. The van der Waals surface area contributed by atoms with Crippen LogP contribution >= 0.6 is 0 Å². The minimum atomic E-state index is -0.840. The summed E-state index contributed by atoms with van der Waals surface area (Å²) in [5.41, 5.74) is 2.40. The van der Waals surface area contributed by atoms with Crippen molar-refractivity contribution in [3.63, 3.8) is 0 Å². The third-order valence-corrected chi connectivity index (χ3v) is 8.02. The van der Waals surface area contributed by atoms with Crippen molar-refractivity contribution < 1.29 is 14.6 Å². The Morgan fingerprint density at radius 1 is 1.18 bits per heavy atom. The molecular formula is C30H39N5O3. The predicted molar refractivity (Wildman–Crippen MR) is 150 cm³/mol. The van der Waals surface area contributed by atoms with Crippen LogP contribution < -0.4 is 15.4 Å². The van der Waals surface area contributed by atoms with Crippen LogP contribution in [0.3, 0.4) is 0 Å². The Kier molecular flexibility index (Phi) is 8.00. The maximum absolute atomic E-state index is 14.1. The molecule has 3 N–H and O–H groups in total. The van der Waals surface area contributed by atoms with Gasteiger partial charge in [-0.15, -0.1) is 0 Å². The molecule has 2 fully saturated rings. The summed E-state index contributed by atoms with van der Waals surface area (Å²) in [6.07, 6.45) is 6.25. The zero-order valence-corrected chi connectivity index (χ0v) is 22.4. The number of ether oxygens (including phenoxy) is 1. The van der Waals surface area contributed by atoms with E-state index in [0.29, 0.717) is 12.2 Å². The van der Waals surface area contributed by atoms with Crippen LogP contribution in [-0.4, -0.2) is 70.4 Å². The second-order valence-corrected chi connectivity index (χ2v) is 10.6. The van der Waals surface area contributed by atoms with Gasteiger partial charge in [-0.2, -0.15) is 0 Å². The van der Waals surface area contributed by atoms with Crippen molar-refractivity contribution in [1.29, 1.82) is 0 Å². The van der Waals surface area contributed by atoms with Gasteiger partial charge in [0.1, 0.15) is 5.75 Å². The molecule has 1 aromatic heterocycles. The first-order valence-corrected chi connectivity index (χ1v) is 13.7. The highest BCUT2D eigenvalue weighted by atomic mass is 16.5. The molecule has 38 heavy (non-hydrogen) atoms. The third-order valence-electron chi connectivity index (χ3n) is 8.02. The number of methoxy groups -OCH3 is 1. The molecule has 1 saturated heterocycles.